The number of carbonyl (C=O) groups excluding carboxylic acids is 1. The second-order valence-electron chi connectivity index (χ2n) is 5.17. The average molecular weight is 277 g/mol. The number of rotatable bonds is 5. The van der Waals surface area contributed by atoms with Gasteiger partial charge in [-0.15, -0.1) is 0 Å². The fraction of sp³-hybridized carbons (Fsp3) is 0.533. The van der Waals surface area contributed by atoms with Crippen molar-refractivity contribution in [2.24, 2.45) is 5.73 Å². The molecule has 1 aromatic carbocycles. The summed E-state index contributed by atoms with van der Waals surface area (Å²) in [5.41, 5.74) is 6.85. The van der Waals surface area contributed by atoms with E-state index in [1.807, 2.05) is 30.3 Å². The average Bonchev–Trinajstić information content (AvgIpc) is 2.48. The van der Waals surface area contributed by atoms with Gasteiger partial charge in [-0.25, -0.2) is 4.79 Å². The molecule has 0 aromatic heterocycles. The lowest BCUT2D eigenvalue weighted by atomic mass is 10.1. The number of piperidine rings is 1. The maximum absolute atomic E-state index is 11.5. The largest absolute Gasteiger partial charge is 0.445 e. The van der Waals surface area contributed by atoms with Crippen LogP contribution in [0.15, 0.2) is 30.3 Å². The van der Waals surface area contributed by atoms with Crippen LogP contribution in [0.4, 0.5) is 4.79 Å². The molecule has 0 radical (unpaired) electrons. The quantitative estimate of drug-likeness (QED) is 0.852. The molecule has 1 aliphatic rings. The SMILES string of the molecule is NC1CCN(CCNC(=O)OCc2ccccc2)CC1. The Morgan fingerprint density at radius 1 is 1.30 bits per heavy atom. The third-order valence-electron chi connectivity index (χ3n) is 3.54. The van der Waals surface area contributed by atoms with Gasteiger partial charge in [0.2, 0.25) is 0 Å². The Morgan fingerprint density at radius 2 is 2.00 bits per heavy atom. The first kappa shape index (κ1) is 14.8. The molecule has 110 valence electrons. The van der Waals surface area contributed by atoms with Gasteiger partial charge in [0.1, 0.15) is 6.61 Å². The molecule has 0 saturated carbocycles. The summed E-state index contributed by atoms with van der Waals surface area (Å²) in [6.07, 6.45) is 1.72. The summed E-state index contributed by atoms with van der Waals surface area (Å²) in [6.45, 7) is 3.81. The van der Waals surface area contributed by atoms with Gasteiger partial charge >= 0.3 is 6.09 Å². The van der Waals surface area contributed by atoms with Gasteiger partial charge in [-0.2, -0.15) is 0 Å². The Labute approximate surface area is 120 Å². The molecule has 0 aliphatic carbocycles. The van der Waals surface area contributed by atoms with E-state index in [1.54, 1.807) is 0 Å². The number of nitrogens with zero attached hydrogens (tertiary/aromatic N) is 1. The molecule has 5 nitrogen and oxygen atoms in total. The molecule has 3 N–H and O–H groups in total. The number of nitrogens with one attached hydrogen (secondary N) is 1. The fourth-order valence-corrected chi connectivity index (χ4v) is 2.27. The summed E-state index contributed by atoms with van der Waals surface area (Å²) in [5, 5.41) is 2.78. The van der Waals surface area contributed by atoms with E-state index < -0.39 is 0 Å². The van der Waals surface area contributed by atoms with Crippen LogP contribution >= 0.6 is 0 Å². The van der Waals surface area contributed by atoms with E-state index in [4.69, 9.17) is 10.5 Å². The van der Waals surface area contributed by atoms with E-state index in [0.717, 1.165) is 38.0 Å². The van der Waals surface area contributed by atoms with Crippen LogP contribution in [0, 0.1) is 0 Å². The van der Waals surface area contributed by atoms with Crippen molar-refractivity contribution < 1.29 is 9.53 Å². The first-order chi connectivity index (χ1) is 9.74. The number of ether oxygens (including phenoxy) is 1. The summed E-state index contributed by atoms with van der Waals surface area (Å²) < 4.78 is 5.15. The van der Waals surface area contributed by atoms with E-state index in [-0.39, 0.29) is 6.09 Å². The number of benzene rings is 1. The van der Waals surface area contributed by atoms with Crippen molar-refractivity contribution in [3.05, 3.63) is 35.9 Å². The van der Waals surface area contributed by atoms with E-state index >= 15 is 0 Å². The highest BCUT2D eigenvalue weighted by atomic mass is 16.5. The molecule has 1 heterocycles. The highest BCUT2D eigenvalue weighted by Gasteiger charge is 2.15. The Hall–Kier alpha value is -1.59. The van der Waals surface area contributed by atoms with Gasteiger partial charge in [0.25, 0.3) is 0 Å². The van der Waals surface area contributed by atoms with E-state index in [1.165, 1.54) is 0 Å². The Balaban J connectivity index is 1.56. The zero-order chi connectivity index (χ0) is 14.2. The number of hydrogen-bond acceptors (Lipinski definition) is 4. The highest BCUT2D eigenvalue weighted by molar-refractivity contribution is 5.67. The van der Waals surface area contributed by atoms with E-state index in [2.05, 4.69) is 10.2 Å². The van der Waals surface area contributed by atoms with Gasteiger partial charge in [-0.1, -0.05) is 30.3 Å². The third-order valence-corrected chi connectivity index (χ3v) is 3.54. The van der Waals surface area contributed by atoms with E-state index in [9.17, 15) is 4.79 Å². The molecular formula is C15H23N3O2. The molecule has 1 saturated heterocycles. The second-order valence-corrected chi connectivity index (χ2v) is 5.17. The lowest BCUT2D eigenvalue weighted by molar-refractivity contribution is 0.136. The molecule has 0 bridgehead atoms. The monoisotopic (exact) mass is 277 g/mol. The lowest BCUT2D eigenvalue weighted by Crippen LogP contribution is -2.43. The lowest BCUT2D eigenvalue weighted by Gasteiger charge is -2.29. The third kappa shape index (κ3) is 5.19. The molecule has 1 amide bonds. The smallest absolute Gasteiger partial charge is 0.407 e. The van der Waals surface area contributed by atoms with Crippen molar-refractivity contribution in [1.29, 1.82) is 0 Å². The zero-order valence-corrected chi connectivity index (χ0v) is 11.8. The highest BCUT2D eigenvalue weighted by Crippen LogP contribution is 2.07. The number of hydrogen-bond donors (Lipinski definition) is 2. The molecule has 1 aromatic rings. The standard InChI is InChI=1S/C15H23N3O2/c16-14-6-9-18(10-7-14)11-8-17-15(19)20-12-13-4-2-1-3-5-13/h1-5,14H,6-12,16H2,(H,17,19). The number of carbonyl (C=O) groups is 1. The van der Waals surface area contributed by atoms with Crippen molar-refractivity contribution in [3.63, 3.8) is 0 Å². The molecule has 2 rings (SSSR count). The van der Waals surface area contributed by atoms with Gasteiger partial charge in [0.05, 0.1) is 0 Å². The molecule has 0 unspecified atom stereocenters. The van der Waals surface area contributed by atoms with Crippen molar-refractivity contribution >= 4 is 6.09 Å². The van der Waals surface area contributed by atoms with Gasteiger partial charge in [0, 0.05) is 19.1 Å². The van der Waals surface area contributed by atoms with Gasteiger partial charge in [-0.3, -0.25) is 0 Å². The fourth-order valence-electron chi connectivity index (χ4n) is 2.27. The molecule has 0 atom stereocenters. The van der Waals surface area contributed by atoms with Crippen LogP contribution in [0.5, 0.6) is 0 Å². The first-order valence-corrected chi connectivity index (χ1v) is 7.16. The molecule has 1 aliphatic heterocycles. The predicted molar refractivity (Wildman–Crippen MR) is 78.3 cm³/mol. The van der Waals surface area contributed by atoms with Crippen LogP contribution in [-0.2, 0) is 11.3 Å². The van der Waals surface area contributed by atoms with Crippen LogP contribution < -0.4 is 11.1 Å². The number of nitrogens with two attached hydrogens (primary N) is 1. The van der Waals surface area contributed by atoms with Crippen molar-refractivity contribution in [2.75, 3.05) is 26.2 Å². The summed E-state index contributed by atoms with van der Waals surface area (Å²) >= 11 is 0. The topological polar surface area (TPSA) is 67.6 Å². The molecule has 5 heteroatoms. The van der Waals surface area contributed by atoms with Crippen LogP contribution in [0.1, 0.15) is 18.4 Å². The van der Waals surface area contributed by atoms with Crippen LogP contribution in [0.2, 0.25) is 0 Å². The van der Waals surface area contributed by atoms with Crippen LogP contribution in [0.25, 0.3) is 0 Å². The Kier molecular flexibility index (Phi) is 5.83. The zero-order valence-electron chi connectivity index (χ0n) is 11.8. The number of likely N-dealkylation sites (tertiary alicyclic amines) is 1. The summed E-state index contributed by atoms with van der Waals surface area (Å²) in [7, 11) is 0. The maximum Gasteiger partial charge on any atom is 0.407 e. The maximum atomic E-state index is 11.5. The second kappa shape index (κ2) is 7.87. The van der Waals surface area contributed by atoms with Crippen molar-refractivity contribution in [3.8, 4) is 0 Å². The van der Waals surface area contributed by atoms with Crippen LogP contribution in [-0.4, -0.2) is 43.2 Å². The Morgan fingerprint density at radius 3 is 2.70 bits per heavy atom. The molecule has 0 spiro atoms. The van der Waals surface area contributed by atoms with E-state index in [0.29, 0.717) is 19.2 Å². The molecular weight excluding hydrogens is 254 g/mol. The minimum absolute atomic E-state index is 0.311. The number of alkyl carbamates (subject to hydrolysis) is 1. The van der Waals surface area contributed by atoms with Crippen molar-refractivity contribution in [1.82, 2.24) is 10.2 Å². The summed E-state index contributed by atoms with van der Waals surface area (Å²) in [4.78, 5) is 13.9. The minimum Gasteiger partial charge on any atom is -0.445 e. The minimum atomic E-state index is -0.359. The first-order valence-electron chi connectivity index (χ1n) is 7.16. The summed E-state index contributed by atoms with van der Waals surface area (Å²) in [6, 6.07) is 10.0. The van der Waals surface area contributed by atoms with Crippen molar-refractivity contribution in [2.45, 2.75) is 25.5 Å². The van der Waals surface area contributed by atoms with Gasteiger partial charge in [0.15, 0.2) is 0 Å². The Bertz CT molecular complexity index is 403. The summed E-state index contributed by atoms with van der Waals surface area (Å²) in [5.74, 6) is 0. The molecule has 1 fully saturated rings. The molecule has 20 heavy (non-hydrogen) atoms. The number of amides is 1. The normalized spacial score (nSPS) is 16.9. The van der Waals surface area contributed by atoms with Crippen LogP contribution in [0.3, 0.4) is 0 Å². The van der Waals surface area contributed by atoms with Gasteiger partial charge in [-0.05, 0) is 31.5 Å². The predicted octanol–water partition coefficient (Wildman–Crippen LogP) is 1.34. The van der Waals surface area contributed by atoms with Gasteiger partial charge < -0.3 is 20.7 Å².